The highest BCUT2D eigenvalue weighted by Gasteiger charge is 2.28. The van der Waals surface area contributed by atoms with Crippen molar-refractivity contribution >= 4 is 114 Å². The Morgan fingerprint density at radius 3 is 0.957 bits per heavy atom. The third kappa shape index (κ3) is 22.6. The number of hydrazine groups is 10. The Labute approximate surface area is 687 Å². The standard InChI is InChI=1S/C25H37N3O.C24H32ClN3O3.C14H14ClN3O.2C14H15N3O/c1-3-4-5-6-7-8-9-10-11-12-15-21-18-20(2)19-24(25(21)29)28-26-22-16-13-14-17-23(22)27-28;1-3-4-5-6-7-8-13-31-23(29)12-9-18-14-17(2)24(30)22(15-18)28-26-20-11-10-19(25)16-21(20)27-28;1-8-5-9(2)14(19)13(6-8)18-16-11-4-3-10(15)7-12(11)17-18;2*1-9-7-10(2)14(18)13(8-9)17-15-11-5-3-4-6-12(11)16-17/h13-14,16-19,26-27,29H,3-12,15H2,1-2H3;10-11,14-16,26-27,30H,3-9,12-13H2,1-2H3;3-7,16-17,19H,1-2H3;2*3-8,15-16,18H,1-2H3. The van der Waals surface area contributed by atoms with E-state index in [2.05, 4.69) is 81.1 Å². The molecule has 10 aromatic rings. The van der Waals surface area contributed by atoms with Crippen LogP contribution in [0.25, 0.3) is 0 Å². The van der Waals surface area contributed by atoms with Crippen LogP contribution in [-0.4, -0.2) is 38.1 Å². The number of ether oxygens (including phenoxy) is 1. The van der Waals surface area contributed by atoms with Crippen LogP contribution in [0.4, 0.5) is 85.3 Å². The predicted octanol–water partition coefficient (Wildman–Crippen LogP) is 23.9. The van der Waals surface area contributed by atoms with Crippen LogP contribution in [0, 0.1) is 55.4 Å². The van der Waals surface area contributed by atoms with E-state index in [1.807, 2.05) is 211 Å². The van der Waals surface area contributed by atoms with Crippen molar-refractivity contribution in [2.45, 2.75) is 191 Å². The van der Waals surface area contributed by atoms with Crippen LogP contribution in [0.1, 0.15) is 179 Å². The van der Waals surface area contributed by atoms with E-state index in [0.717, 1.165) is 150 Å². The zero-order valence-corrected chi connectivity index (χ0v) is 69.4. The van der Waals surface area contributed by atoms with Crippen LogP contribution in [0.15, 0.2) is 170 Å². The Kier molecular flexibility index (Phi) is 29.5. The van der Waals surface area contributed by atoms with Crippen LogP contribution in [0.3, 0.4) is 0 Å². The summed E-state index contributed by atoms with van der Waals surface area (Å²) in [6.45, 7) is 20.6. The fourth-order valence-electron chi connectivity index (χ4n) is 14.3. The first-order valence-electron chi connectivity index (χ1n) is 40.3. The summed E-state index contributed by atoms with van der Waals surface area (Å²) < 4.78 is 5.37. The monoisotopic (exact) mass is 1600 g/mol. The second-order valence-electron chi connectivity index (χ2n) is 30.2. The molecular weight excluding hydrogens is 1490 g/mol. The van der Waals surface area contributed by atoms with Gasteiger partial charge in [0.2, 0.25) is 0 Å². The lowest BCUT2D eigenvalue weighted by Gasteiger charge is -2.22. The molecule has 0 bridgehead atoms. The topological polar surface area (TPSA) is 264 Å². The lowest BCUT2D eigenvalue weighted by molar-refractivity contribution is -0.143. The number of hydrogen-bond acceptors (Lipinski definition) is 22. The van der Waals surface area contributed by atoms with Crippen molar-refractivity contribution in [2.24, 2.45) is 0 Å². The van der Waals surface area contributed by atoms with E-state index in [1.165, 1.54) is 89.0 Å². The van der Waals surface area contributed by atoms with Crippen molar-refractivity contribution in [2.75, 3.05) is 86.5 Å². The van der Waals surface area contributed by atoms with Gasteiger partial charge in [0.15, 0.2) is 0 Å². The molecule has 0 saturated heterocycles. The first-order valence-corrected chi connectivity index (χ1v) is 41.0. The van der Waals surface area contributed by atoms with Gasteiger partial charge < -0.3 is 30.3 Å². The van der Waals surface area contributed by atoms with E-state index in [0.29, 0.717) is 46.6 Å². The van der Waals surface area contributed by atoms with Gasteiger partial charge >= 0.3 is 5.97 Å². The molecule has 15 N–H and O–H groups in total. The van der Waals surface area contributed by atoms with Gasteiger partial charge in [0.25, 0.3) is 0 Å². The molecule has 5 aliphatic rings. The molecule has 0 spiro atoms. The van der Waals surface area contributed by atoms with E-state index in [-0.39, 0.29) is 29.0 Å². The minimum atomic E-state index is -0.180. The molecule has 15 rings (SSSR count). The molecule has 0 aromatic heterocycles. The highest BCUT2D eigenvalue weighted by molar-refractivity contribution is 6.31. The molecule has 10 aromatic carbocycles. The van der Waals surface area contributed by atoms with E-state index < -0.39 is 0 Å². The van der Waals surface area contributed by atoms with E-state index in [9.17, 15) is 30.3 Å². The van der Waals surface area contributed by atoms with Crippen molar-refractivity contribution in [1.82, 2.24) is 0 Å². The number of hydrogen-bond donors (Lipinski definition) is 15. The molecule has 0 aliphatic carbocycles. The van der Waals surface area contributed by atoms with E-state index in [1.54, 1.807) is 26.5 Å². The van der Waals surface area contributed by atoms with Crippen LogP contribution in [0.2, 0.25) is 10.0 Å². The molecule has 5 aliphatic heterocycles. The Hall–Kier alpha value is -11.8. The molecule has 22 nitrogen and oxygen atoms in total. The number of unbranched alkanes of at least 4 members (excludes halogenated alkanes) is 14. The summed E-state index contributed by atoms with van der Waals surface area (Å²) in [5.41, 5.74) is 55.0. The van der Waals surface area contributed by atoms with Crippen LogP contribution in [-0.2, 0) is 22.4 Å². The maximum Gasteiger partial charge on any atom is 0.306 e. The average Bonchev–Trinajstić information content (AvgIpc) is 1.68. The summed E-state index contributed by atoms with van der Waals surface area (Å²) in [5, 5.41) is 61.8. The number of esters is 1. The number of aryl methyl sites for hydroxylation is 10. The van der Waals surface area contributed by atoms with Gasteiger partial charge in [-0.15, -0.1) is 0 Å². The molecule has 0 amide bonds. The van der Waals surface area contributed by atoms with Crippen LogP contribution < -0.4 is 79.8 Å². The molecular formula is C91H113Cl2N15O7. The van der Waals surface area contributed by atoms with Gasteiger partial charge in [0.1, 0.15) is 57.2 Å². The number of nitrogens with zero attached hydrogens (tertiary/aromatic N) is 5. The van der Waals surface area contributed by atoms with E-state index in [4.69, 9.17) is 27.9 Å². The number of para-hydroxylation sites is 6. The van der Waals surface area contributed by atoms with Gasteiger partial charge in [-0.2, -0.15) is 25.6 Å². The fourth-order valence-corrected chi connectivity index (χ4v) is 14.6. The molecule has 0 fully saturated rings. The van der Waals surface area contributed by atoms with Crippen molar-refractivity contribution in [3.8, 4) is 28.7 Å². The zero-order chi connectivity index (χ0) is 81.7. The lowest BCUT2D eigenvalue weighted by atomic mass is 10.0. The lowest BCUT2D eigenvalue weighted by Crippen LogP contribution is -2.29. The molecule has 24 heteroatoms. The summed E-state index contributed by atoms with van der Waals surface area (Å²) >= 11 is 12.0. The number of carbonyl (C=O) groups is 1. The molecule has 0 unspecified atom stereocenters. The number of phenolic OH excluding ortho intramolecular Hbond substituents is 5. The Balaban J connectivity index is 0.000000144. The maximum absolute atomic E-state index is 12.1. The third-order valence-corrected chi connectivity index (χ3v) is 20.8. The average molecular weight is 1600 g/mol. The number of fused-ring (bicyclic) bond motifs is 5. The quantitative estimate of drug-likeness (QED) is 0.0177. The van der Waals surface area contributed by atoms with Gasteiger partial charge in [-0.25, -0.2) is 0 Å². The Morgan fingerprint density at radius 1 is 0.313 bits per heavy atom. The minimum Gasteiger partial charge on any atom is -0.505 e. The molecule has 0 atom stereocenters. The molecule has 0 radical (unpaired) electrons. The maximum atomic E-state index is 12.1. The van der Waals surface area contributed by atoms with Crippen LogP contribution in [0.5, 0.6) is 28.7 Å². The molecule has 115 heavy (non-hydrogen) atoms. The summed E-state index contributed by atoms with van der Waals surface area (Å²) in [7, 11) is 0. The summed E-state index contributed by atoms with van der Waals surface area (Å²) in [5.74, 6) is 1.19. The summed E-state index contributed by atoms with van der Waals surface area (Å²) in [6.07, 6.45) is 22.1. The van der Waals surface area contributed by atoms with Gasteiger partial charge in [0.05, 0.1) is 63.5 Å². The molecule has 608 valence electrons. The molecule has 5 heterocycles. The fraction of sp³-hybridized carbons (Fsp3) is 0.330. The SMILES string of the molecule is CCCCCCCCCCCCc1cc(C)cc(N2Nc3ccccc3N2)c1O.CCCCCCCCOC(=O)CCc1cc(C)c(O)c(N2Nc3ccc(Cl)cc3N2)c1.Cc1cc(C)c(O)c(N2Nc3ccc(Cl)cc3N2)c1.Cc1cc(C)c(O)c(N2Nc3ccccc3N2)c1.Cc1cc(C)c(O)c(N2Nc3ccccc3N2)c1. The van der Waals surface area contributed by atoms with E-state index >= 15 is 0 Å². The van der Waals surface area contributed by atoms with Crippen molar-refractivity contribution < 1.29 is 35.1 Å². The largest absolute Gasteiger partial charge is 0.505 e. The highest BCUT2D eigenvalue weighted by atomic mass is 35.5. The van der Waals surface area contributed by atoms with Gasteiger partial charge in [-0.1, -0.05) is 194 Å². The number of carbonyl (C=O) groups excluding carboxylic acids is 1. The molecule has 0 saturated carbocycles. The normalized spacial score (nSPS) is 12.6. The van der Waals surface area contributed by atoms with Gasteiger partial charge in [0, 0.05) is 16.5 Å². The van der Waals surface area contributed by atoms with Crippen molar-refractivity contribution in [3.63, 3.8) is 0 Å². The minimum absolute atomic E-state index is 0.174. The number of anilines is 15. The zero-order valence-electron chi connectivity index (χ0n) is 67.9. The second kappa shape index (κ2) is 40.3. The Bertz CT molecular complexity index is 4790. The highest BCUT2D eigenvalue weighted by Crippen LogP contribution is 2.44. The van der Waals surface area contributed by atoms with Crippen molar-refractivity contribution in [1.29, 1.82) is 0 Å². The van der Waals surface area contributed by atoms with Gasteiger partial charge in [-0.05, 0) is 240 Å². The number of halogens is 2. The summed E-state index contributed by atoms with van der Waals surface area (Å²) in [6, 6.07) is 54.5. The first kappa shape index (κ1) is 84.2. The number of aromatic hydroxyl groups is 5. The third-order valence-electron chi connectivity index (χ3n) is 20.4. The predicted molar refractivity (Wildman–Crippen MR) is 477 cm³/mol. The Morgan fingerprint density at radius 2 is 0.600 bits per heavy atom. The smallest absolute Gasteiger partial charge is 0.306 e. The van der Waals surface area contributed by atoms with Gasteiger partial charge in [-0.3, -0.25) is 59.1 Å². The van der Waals surface area contributed by atoms with Crippen LogP contribution >= 0.6 is 23.2 Å². The summed E-state index contributed by atoms with van der Waals surface area (Å²) in [4.78, 5) is 12.1. The number of nitrogens with one attached hydrogen (secondary N) is 10. The number of phenols is 5. The second-order valence-corrected chi connectivity index (χ2v) is 31.0. The first-order chi connectivity index (χ1) is 55.5. The number of benzene rings is 10. The number of rotatable bonds is 26. The van der Waals surface area contributed by atoms with Crippen molar-refractivity contribution in [3.05, 3.63) is 236 Å².